The topological polar surface area (TPSA) is 51.0 Å². The standard InChI is InChI=1S/C3H4N2O2S/c1-6-2-4-5-3(8)7-2/h1H3,(H,5,8). The van der Waals surface area contributed by atoms with Crippen molar-refractivity contribution < 1.29 is 9.15 Å². The fourth-order valence-electron chi connectivity index (χ4n) is 0.304. The summed E-state index contributed by atoms with van der Waals surface area (Å²) in [5.41, 5.74) is 0. The Hall–Kier alpha value is -0.840. The third-order valence-electron chi connectivity index (χ3n) is 0.593. The molecule has 0 aliphatic rings. The van der Waals surface area contributed by atoms with Crippen LogP contribution in [0.4, 0.5) is 0 Å². The van der Waals surface area contributed by atoms with Crippen LogP contribution in [0.1, 0.15) is 0 Å². The van der Waals surface area contributed by atoms with Crippen LogP contribution in [-0.2, 0) is 0 Å². The summed E-state index contributed by atoms with van der Waals surface area (Å²) in [5.74, 6) is 0. The molecule has 1 N–H and O–H groups in total. The van der Waals surface area contributed by atoms with Gasteiger partial charge in [0.2, 0.25) is 0 Å². The Morgan fingerprint density at radius 2 is 2.62 bits per heavy atom. The molecule has 0 bridgehead atoms. The van der Waals surface area contributed by atoms with Crippen molar-refractivity contribution in [3.05, 3.63) is 4.84 Å². The minimum Gasteiger partial charge on any atom is -0.452 e. The summed E-state index contributed by atoms with van der Waals surface area (Å²) < 4.78 is 9.22. The number of nitrogens with one attached hydrogen (secondary N) is 1. The van der Waals surface area contributed by atoms with Gasteiger partial charge >= 0.3 is 6.08 Å². The Morgan fingerprint density at radius 1 is 1.88 bits per heavy atom. The van der Waals surface area contributed by atoms with Crippen molar-refractivity contribution in [3.63, 3.8) is 0 Å². The quantitative estimate of drug-likeness (QED) is 0.572. The summed E-state index contributed by atoms with van der Waals surface area (Å²) in [6.45, 7) is 0. The van der Waals surface area contributed by atoms with Crippen molar-refractivity contribution in [2.45, 2.75) is 0 Å². The number of rotatable bonds is 1. The average molecular weight is 132 g/mol. The molecule has 0 radical (unpaired) electrons. The zero-order valence-electron chi connectivity index (χ0n) is 4.17. The largest absolute Gasteiger partial charge is 0.452 e. The van der Waals surface area contributed by atoms with Crippen LogP contribution in [0.2, 0.25) is 0 Å². The fourth-order valence-corrected chi connectivity index (χ4v) is 0.420. The van der Waals surface area contributed by atoms with Gasteiger partial charge in [0.05, 0.1) is 7.11 Å². The van der Waals surface area contributed by atoms with Gasteiger partial charge < -0.3 is 9.15 Å². The number of aromatic amines is 1. The fraction of sp³-hybridized carbons (Fsp3) is 0.333. The summed E-state index contributed by atoms with van der Waals surface area (Å²) >= 11 is 4.53. The second-order valence-electron chi connectivity index (χ2n) is 1.08. The van der Waals surface area contributed by atoms with Crippen LogP contribution in [-0.4, -0.2) is 17.3 Å². The van der Waals surface area contributed by atoms with E-state index in [0.717, 1.165) is 0 Å². The first kappa shape index (κ1) is 5.30. The van der Waals surface area contributed by atoms with Gasteiger partial charge in [0, 0.05) is 0 Å². The Balaban J connectivity index is 3.01. The van der Waals surface area contributed by atoms with Crippen molar-refractivity contribution >= 4 is 12.2 Å². The highest BCUT2D eigenvalue weighted by molar-refractivity contribution is 7.71. The second-order valence-corrected chi connectivity index (χ2v) is 1.45. The molecule has 1 rings (SSSR count). The number of H-pyrrole nitrogens is 1. The van der Waals surface area contributed by atoms with Gasteiger partial charge in [-0.3, -0.25) is 0 Å². The molecule has 1 heterocycles. The molecule has 0 atom stereocenters. The third kappa shape index (κ3) is 0.865. The number of methoxy groups -OCH3 is 1. The molecule has 0 fully saturated rings. The molecule has 0 aliphatic heterocycles. The lowest BCUT2D eigenvalue weighted by molar-refractivity contribution is 0.286. The minimum absolute atomic E-state index is 0.162. The predicted octanol–water partition coefficient (Wildman–Crippen LogP) is 0.741. The molecule has 5 heteroatoms. The van der Waals surface area contributed by atoms with E-state index in [2.05, 4.69) is 31.6 Å². The highest BCUT2D eigenvalue weighted by Gasteiger charge is 1.92. The van der Waals surface area contributed by atoms with Crippen LogP contribution in [0.3, 0.4) is 0 Å². The van der Waals surface area contributed by atoms with Crippen LogP contribution in [0, 0.1) is 4.84 Å². The monoisotopic (exact) mass is 132 g/mol. The number of ether oxygens (including phenoxy) is 1. The summed E-state index contributed by atoms with van der Waals surface area (Å²) in [7, 11) is 1.45. The van der Waals surface area contributed by atoms with E-state index in [1.54, 1.807) is 0 Å². The second kappa shape index (κ2) is 1.95. The molecular weight excluding hydrogens is 128 g/mol. The molecule has 8 heavy (non-hydrogen) atoms. The van der Waals surface area contributed by atoms with Gasteiger partial charge in [0.15, 0.2) is 0 Å². The van der Waals surface area contributed by atoms with Gasteiger partial charge in [-0.2, -0.15) is 0 Å². The normalized spacial score (nSPS) is 9.12. The minimum atomic E-state index is 0.162. The highest BCUT2D eigenvalue weighted by atomic mass is 32.1. The zero-order chi connectivity index (χ0) is 5.98. The molecule has 44 valence electrons. The van der Waals surface area contributed by atoms with E-state index < -0.39 is 0 Å². The van der Waals surface area contributed by atoms with E-state index in [-0.39, 0.29) is 10.9 Å². The maximum Gasteiger partial charge on any atom is 0.413 e. The van der Waals surface area contributed by atoms with Crippen molar-refractivity contribution in [2.24, 2.45) is 0 Å². The number of aromatic nitrogens is 2. The van der Waals surface area contributed by atoms with Gasteiger partial charge in [0.1, 0.15) is 0 Å². The molecule has 0 amide bonds. The zero-order valence-corrected chi connectivity index (χ0v) is 4.99. The predicted molar refractivity (Wildman–Crippen MR) is 28.2 cm³/mol. The maximum atomic E-state index is 4.66. The van der Waals surface area contributed by atoms with Crippen LogP contribution >= 0.6 is 12.2 Å². The SMILES string of the molecule is COc1n[nH]c(=S)o1. The Labute approximate surface area is 50.5 Å². The molecule has 1 aromatic rings. The Kier molecular flexibility index (Phi) is 1.29. The van der Waals surface area contributed by atoms with Gasteiger partial charge in [0.25, 0.3) is 4.84 Å². The molecule has 0 aromatic carbocycles. The van der Waals surface area contributed by atoms with E-state index in [1.165, 1.54) is 7.11 Å². The molecule has 0 saturated carbocycles. The Bertz CT molecular complexity index is 215. The van der Waals surface area contributed by atoms with E-state index in [1.807, 2.05) is 0 Å². The molecule has 0 saturated heterocycles. The smallest absolute Gasteiger partial charge is 0.413 e. The lowest BCUT2D eigenvalue weighted by Gasteiger charge is -1.81. The number of nitrogens with zero attached hydrogens (tertiary/aromatic N) is 1. The van der Waals surface area contributed by atoms with Gasteiger partial charge in [-0.15, -0.1) is 0 Å². The lowest BCUT2D eigenvalue weighted by atomic mass is 11.3. The van der Waals surface area contributed by atoms with E-state index in [4.69, 9.17) is 0 Å². The van der Waals surface area contributed by atoms with Crippen molar-refractivity contribution in [3.8, 4) is 6.08 Å². The first-order valence-corrected chi connectivity index (χ1v) is 2.33. The molecule has 0 unspecified atom stereocenters. The summed E-state index contributed by atoms with van der Waals surface area (Å²) in [5, 5.41) is 5.91. The van der Waals surface area contributed by atoms with Gasteiger partial charge in [-0.05, 0) is 12.2 Å². The van der Waals surface area contributed by atoms with Crippen LogP contribution in [0.5, 0.6) is 6.08 Å². The van der Waals surface area contributed by atoms with Crippen LogP contribution < -0.4 is 4.74 Å². The van der Waals surface area contributed by atoms with Gasteiger partial charge in [-0.25, -0.2) is 5.10 Å². The van der Waals surface area contributed by atoms with Crippen LogP contribution in [0.25, 0.3) is 0 Å². The summed E-state index contributed by atoms with van der Waals surface area (Å²) in [4.78, 5) is 0.224. The van der Waals surface area contributed by atoms with E-state index in [9.17, 15) is 0 Å². The highest BCUT2D eigenvalue weighted by Crippen LogP contribution is 2.01. The van der Waals surface area contributed by atoms with E-state index in [0.29, 0.717) is 0 Å². The average Bonchev–Trinajstić information content (AvgIpc) is 2.14. The maximum absolute atomic E-state index is 4.66. The van der Waals surface area contributed by atoms with Crippen molar-refractivity contribution in [2.75, 3.05) is 7.11 Å². The summed E-state index contributed by atoms with van der Waals surface area (Å²) in [6.07, 6.45) is 0.162. The van der Waals surface area contributed by atoms with Gasteiger partial charge in [-0.1, -0.05) is 5.10 Å². The first-order valence-electron chi connectivity index (χ1n) is 1.92. The molecule has 1 aromatic heterocycles. The van der Waals surface area contributed by atoms with Crippen molar-refractivity contribution in [1.29, 1.82) is 0 Å². The third-order valence-corrected chi connectivity index (χ3v) is 0.768. The number of hydrogen-bond donors (Lipinski definition) is 1. The number of hydrogen-bond acceptors (Lipinski definition) is 4. The molecular formula is C3H4N2O2S. The molecule has 0 aliphatic carbocycles. The molecule has 4 nitrogen and oxygen atoms in total. The Morgan fingerprint density at radius 3 is 2.88 bits per heavy atom. The van der Waals surface area contributed by atoms with Crippen LogP contribution in [0.15, 0.2) is 4.42 Å². The first-order chi connectivity index (χ1) is 3.83. The molecule has 0 spiro atoms. The lowest BCUT2D eigenvalue weighted by Crippen LogP contribution is -1.79. The summed E-state index contributed by atoms with van der Waals surface area (Å²) in [6, 6.07) is 0. The van der Waals surface area contributed by atoms with Crippen molar-refractivity contribution in [1.82, 2.24) is 10.2 Å². The van der Waals surface area contributed by atoms with E-state index >= 15 is 0 Å².